The van der Waals surface area contributed by atoms with Gasteiger partial charge in [-0.15, -0.1) is 0 Å². The summed E-state index contributed by atoms with van der Waals surface area (Å²) in [6.45, 7) is 7.81. The van der Waals surface area contributed by atoms with Crippen molar-refractivity contribution in [1.29, 1.82) is 0 Å². The van der Waals surface area contributed by atoms with Gasteiger partial charge in [-0.05, 0) is 32.4 Å². The summed E-state index contributed by atoms with van der Waals surface area (Å²) >= 11 is 0. The minimum Gasteiger partial charge on any atom is -0.355 e. The Kier molecular flexibility index (Phi) is 5.31. The second-order valence-corrected chi connectivity index (χ2v) is 7.69. The zero-order valence-electron chi connectivity index (χ0n) is 16.8. The van der Waals surface area contributed by atoms with Crippen LogP contribution in [0.5, 0.6) is 0 Å². The molecule has 29 heavy (non-hydrogen) atoms. The van der Waals surface area contributed by atoms with Gasteiger partial charge in [0.15, 0.2) is 0 Å². The molecule has 4 heterocycles. The summed E-state index contributed by atoms with van der Waals surface area (Å²) in [7, 11) is 0. The molecule has 0 unspecified atom stereocenters. The third kappa shape index (κ3) is 4.00. The van der Waals surface area contributed by atoms with E-state index in [1.165, 1.54) is 12.3 Å². The number of halogens is 1. The van der Waals surface area contributed by atoms with Crippen molar-refractivity contribution in [3.05, 3.63) is 41.2 Å². The van der Waals surface area contributed by atoms with Gasteiger partial charge in [-0.1, -0.05) is 0 Å². The summed E-state index contributed by atoms with van der Waals surface area (Å²) < 4.78 is 13.1. The fourth-order valence-electron chi connectivity index (χ4n) is 3.83. The standard InChI is InChI=1S/C20H26FN7O/c1-13-14(2)24-18(25-19(13)28-6-5-16(22)12-28)20(29)27-9-7-26(8-10-27)17-4-3-15(21)11-23-17/h3-4,11,16H,5-10,12,22H2,1-2H3/t16-/m1/s1. The normalized spacial score (nSPS) is 19.7. The molecule has 2 aliphatic heterocycles. The third-order valence-corrected chi connectivity index (χ3v) is 5.68. The molecule has 2 aliphatic rings. The van der Waals surface area contributed by atoms with E-state index in [0.29, 0.717) is 32.0 Å². The van der Waals surface area contributed by atoms with Crippen LogP contribution in [0.3, 0.4) is 0 Å². The highest BCUT2D eigenvalue weighted by Gasteiger charge is 2.28. The van der Waals surface area contributed by atoms with E-state index >= 15 is 0 Å². The van der Waals surface area contributed by atoms with Crippen LogP contribution in [0, 0.1) is 19.7 Å². The maximum atomic E-state index is 13.1. The lowest BCUT2D eigenvalue weighted by Gasteiger charge is -2.35. The molecule has 2 aromatic rings. The molecule has 0 bridgehead atoms. The number of hydrogen-bond acceptors (Lipinski definition) is 7. The molecule has 0 aliphatic carbocycles. The fourth-order valence-corrected chi connectivity index (χ4v) is 3.83. The number of nitrogens with two attached hydrogens (primary N) is 1. The van der Waals surface area contributed by atoms with Gasteiger partial charge in [0.05, 0.1) is 6.20 Å². The quantitative estimate of drug-likeness (QED) is 0.827. The zero-order valence-corrected chi connectivity index (χ0v) is 16.8. The number of anilines is 2. The first kappa shape index (κ1) is 19.5. The molecule has 0 radical (unpaired) electrons. The monoisotopic (exact) mass is 399 g/mol. The molecule has 1 amide bonds. The van der Waals surface area contributed by atoms with Gasteiger partial charge in [0.1, 0.15) is 17.5 Å². The highest BCUT2D eigenvalue weighted by atomic mass is 19.1. The van der Waals surface area contributed by atoms with Crippen LogP contribution in [-0.2, 0) is 0 Å². The lowest BCUT2D eigenvalue weighted by Crippen LogP contribution is -2.49. The van der Waals surface area contributed by atoms with Crippen LogP contribution in [0.2, 0.25) is 0 Å². The summed E-state index contributed by atoms with van der Waals surface area (Å²) in [5.74, 6) is 1.24. The van der Waals surface area contributed by atoms with Crippen molar-refractivity contribution in [2.45, 2.75) is 26.3 Å². The second kappa shape index (κ2) is 7.90. The number of aromatic nitrogens is 3. The minimum atomic E-state index is -0.357. The van der Waals surface area contributed by atoms with E-state index in [9.17, 15) is 9.18 Å². The number of rotatable bonds is 3. The van der Waals surface area contributed by atoms with E-state index in [1.54, 1.807) is 11.0 Å². The van der Waals surface area contributed by atoms with Gasteiger partial charge >= 0.3 is 0 Å². The Balaban J connectivity index is 1.47. The molecule has 2 fully saturated rings. The molecule has 9 heteroatoms. The number of aryl methyl sites for hydroxylation is 1. The zero-order chi connectivity index (χ0) is 20.5. The van der Waals surface area contributed by atoms with Crippen molar-refractivity contribution in [3.8, 4) is 0 Å². The number of piperazine rings is 1. The number of pyridine rings is 1. The Morgan fingerprint density at radius 2 is 1.86 bits per heavy atom. The van der Waals surface area contributed by atoms with Gasteiger partial charge in [-0.3, -0.25) is 4.79 Å². The van der Waals surface area contributed by atoms with E-state index in [-0.39, 0.29) is 23.6 Å². The summed E-state index contributed by atoms with van der Waals surface area (Å²) in [6.07, 6.45) is 2.13. The Labute approximate surface area is 169 Å². The second-order valence-electron chi connectivity index (χ2n) is 7.69. The van der Waals surface area contributed by atoms with Crippen molar-refractivity contribution in [1.82, 2.24) is 19.9 Å². The predicted molar refractivity (Wildman–Crippen MR) is 109 cm³/mol. The fraction of sp³-hybridized carbons (Fsp3) is 0.500. The van der Waals surface area contributed by atoms with Crippen LogP contribution in [0.25, 0.3) is 0 Å². The van der Waals surface area contributed by atoms with E-state index in [1.807, 2.05) is 18.7 Å². The molecule has 8 nitrogen and oxygen atoms in total. The molecular weight excluding hydrogens is 373 g/mol. The summed E-state index contributed by atoms with van der Waals surface area (Å²) in [4.78, 5) is 32.2. The molecule has 2 saturated heterocycles. The largest absolute Gasteiger partial charge is 0.355 e. The molecule has 2 aromatic heterocycles. The average molecular weight is 399 g/mol. The van der Waals surface area contributed by atoms with Gasteiger partial charge < -0.3 is 20.4 Å². The number of carbonyl (C=O) groups excluding carboxylic acids is 1. The van der Waals surface area contributed by atoms with Crippen molar-refractivity contribution in [2.75, 3.05) is 49.1 Å². The predicted octanol–water partition coefficient (Wildman–Crippen LogP) is 1.13. The molecule has 0 spiro atoms. The van der Waals surface area contributed by atoms with Gasteiger partial charge in [-0.2, -0.15) is 0 Å². The number of amides is 1. The maximum Gasteiger partial charge on any atom is 0.291 e. The summed E-state index contributed by atoms with van der Waals surface area (Å²) in [5.41, 5.74) is 7.85. The Morgan fingerprint density at radius 1 is 1.10 bits per heavy atom. The first-order valence-electron chi connectivity index (χ1n) is 9.94. The number of carbonyl (C=O) groups is 1. The third-order valence-electron chi connectivity index (χ3n) is 5.68. The minimum absolute atomic E-state index is 0.136. The van der Waals surface area contributed by atoms with Gasteiger partial charge in [-0.25, -0.2) is 19.3 Å². The van der Waals surface area contributed by atoms with E-state index in [2.05, 4.69) is 19.9 Å². The SMILES string of the molecule is Cc1nc(C(=O)N2CCN(c3ccc(F)cn3)CC2)nc(N2CC[C@@H](N)C2)c1C. The first-order chi connectivity index (χ1) is 13.9. The van der Waals surface area contributed by atoms with Crippen LogP contribution in [0.4, 0.5) is 16.0 Å². The van der Waals surface area contributed by atoms with Crippen LogP contribution < -0.4 is 15.5 Å². The van der Waals surface area contributed by atoms with Crippen molar-refractivity contribution >= 4 is 17.5 Å². The van der Waals surface area contributed by atoms with Crippen LogP contribution in [-0.4, -0.2) is 71.1 Å². The van der Waals surface area contributed by atoms with Gasteiger partial charge in [0, 0.05) is 56.6 Å². The number of nitrogens with zero attached hydrogens (tertiary/aromatic N) is 6. The number of hydrogen-bond donors (Lipinski definition) is 1. The van der Waals surface area contributed by atoms with E-state index in [4.69, 9.17) is 5.73 Å². The molecule has 154 valence electrons. The molecule has 1 atom stereocenters. The van der Waals surface area contributed by atoms with E-state index in [0.717, 1.165) is 36.6 Å². The van der Waals surface area contributed by atoms with Crippen LogP contribution in [0.15, 0.2) is 18.3 Å². The van der Waals surface area contributed by atoms with Gasteiger partial charge in [0.2, 0.25) is 5.82 Å². The highest BCUT2D eigenvalue weighted by Crippen LogP contribution is 2.24. The molecular formula is C20H26FN7O. The smallest absolute Gasteiger partial charge is 0.291 e. The van der Waals surface area contributed by atoms with Crippen molar-refractivity contribution in [2.24, 2.45) is 5.73 Å². The Morgan fingerprint density at radius 3 is 2.48 bits per heavy atom. The highest BCUT2D eigenvalue weighted by molar-refractivity contribution is 5.91. The summed E-state index contributed by atoms with van der Waals surface area (Å²) in [6, 6.07) is 3.19. The molecule has 0 aromatic carbocycles. The maximum absolute atomic E-state index is 13.1. The average Bonchev–Trinajstić information content (AvgIpc) is 3.16. The Hall–Kier alpha value is -2.81. The van der Waals surface area contributed by atoms with Crippen LogP contribution in [0.1, 0.15) is 28.3 Å². The van der Waals surface area contributed by atoms with Crippen molar-refractivity contribution in [3.63, 3.8) is 0 Å². The summed E-state index contributed by atoms with van der Waals surface area (Å²) in [5, 5.41) is 0. The molecule has 4 rings (SSSR count). The van der Waals surface area contributed by atoms with Crippen molar-refractivity contribution < 1.29 is 9.18 Å². The first-order valence-corrected chi connectivity index (χ1v) is 9.94. The molecule has 2 N–H and O–H groups in total. The van der Waals surface area contributed by atoms with Gasteiger partial charge in [0.25, 0.3) is 5.91 Å². The Bertz CT molecular complexity index is 896. The van der Waals surface area contributed by atoms with Crippen LogP contribution >= 0.6 is 0 Å². The van der Waals surface area contributed by atoms with E-state index < -0.39 is 0 Å². The lowest BCUT2D eigenvalue weighted by atomic mass is 10.2. The molecule has 0 saturated carbocycles. The lowest BCUT2D eigenvalue weighted by molar-refractivity contribution is 0.0734. The topological polar surface area (TPSA) is 91.5 Å².